The second-order valence-electron chi connectivity index (χ2n) is 8.15. The Morgan fingerprint density at radius 1 is 1.00 bits per heavy atom. The SMILES string of the molecule is NC(=O)[C@@]1(c2ccccn2)CCCN(Cc2ccccc2N2CCCCC2)C1. The van der Waals surface area contributed by atoms with Crippen LogP contribution in [-0.4, -0.2) is 42.0 Å². The van der Waals surface area contributed by atoms with Crippen LogP contribution >= 0.6 is 0 Å². The maximum atomic E-state index is 12.5. The van der Waals surface area contributed by atoms with Crippen molar-refractivity contribution < 1.29 is 4.79 Å². The maximum absolute atomic E-state index is 12.5. The largest absolute Gasteiger partial charge is 0.371 e. The summed E-state index contributed by atoms with van der Waals surface area (Å²) < 4.78 is 0. The predicted molar refractivity (Wildman–Crippen MR) is 112 cm³/mol. The molecule has 1 aromatic heterocycles. The van der Waals surface area contributed by atoms with Crippen LogP contribution in [0.25, 0.3) is 0 Å². The molecule has 0 radical (unpaired) electrons. The van der Waals surface area contributed by atoms with Gasteiger partial charge in [-0.25, -0.2) is 0 Å². The zero-order valence-electron chi connectivity index (χ0n) is 16.5. The van der Waals surface area contributed by atoms with Crippen LogP contribution in [0, 0.1) is 0 Å². The third-order valence-electron chi connectivity index (χ3n) is 6.28. The maximum Gasteiger partial charge on any atom is 0.230 e. The molecule has 148 valence electrons. The lowest BCUT2D eigenvalue weighted by atomic mass is 9.76. The first kappa shape index (κ1) is 18.9. The second-order valence-corrected chi connectivity index (χ2v) is 8.15. The van der Waals surface area contributed by atoms with Gasteiger partial charge >= 0.3 is 0 Å². The van der Waals surface area contributed by atoms with Crippen LogP contribution in [0.5, 0.6) is 0 Å². The number of nitrogens with zero attached hydrogens (tertiary/aromatic N) is 3. The van der Waals surface area contributed by atoms with Crippen molar-refractivity contribution in [3.8, 4) is 0 Å². The molecular formula is C23H30N4O. The van der Waals surface area contributed by atoms with Crippen LogP contribution in [0.1, 0.15) is 43.4 Å². The van der Waals surface area contributed by atoms with E-state index in [0.717, 1.165) is 44.7 Å². The number of aromatic nitrogens is 1. The van der Waals surface area contributed by atoms with Crippen molar-refractivity contribution in [2.24, 2.45) is 5.73 Å². The molecule has 5 nitrogen and oxygen atoms in total. The van der Waals surface area contributed by atoms with E-state index in [9.17, 15) is 4.79 Å². The van der Waals surface area contributed by atoms with E-state index in [1.54, 1.807) is 6.20 Å². The number of amides is 1. The lowest BCUT2D eigenvalue weighted by molar-refractivity contribution is -0.126. The van der Waals surface area contributed by atoms with Gasteiger partial charge in [0.15, 0.2) is 0 Å². The quantitative estimate of drug-likeness (QED) is 0.868. The van der Waals surface area contributed by atoms with Crippen molar-refractivity contribution in [1.82, 2.24) is 9.88 Å². The van der Waals surface area contributed by atoms with E-state index in [4.69, 9.17) is 5.73 Å². The number of anilines is 1. The summed E-state index contributed by atoms with van der Waals surface area (Å²) in [5.41, 5.74) is 8.71. The molecular weight excluding hydrogens is 348 g/mol. The van der Waals surface area contributed by atoms with Gasteiger partial charge in [0.25, 0.3) is 0 Å². The van der Waals surface area contributed by atoms with Gasteiger partial charge in [-0.1, -0.05) is 24.3 Å². The Bertz CT molecular complexity index is 803. The molecule has 0 spiro atoms. The fraction of sp³-hybridized carbons (Fsp3) is 0.478. The fourth-order valence-corrected chi connectivity index (χ4v) is 4.79. The highest BCUT2D eigenvalue weighted by Crippen LogP contribution is 2.34. The molecule has 2 aliphatic rings. The van der Waals surface area contributed by atoms with Crippen molar-refractivity contribution in [3.05, 3.63) is 59.9 Å². The van der Waals surface area contributed by atoms with Gasteiger partial charge < -0.3 is 10.6 Å². The summed E-state index contributed by atoms with van der Waals surface area (Å²) in [6.45, 7) is 4.73. The fourth-order valence-electron chi connectivity index (χ4n) is 4.79. The number of piperidine rings is 2. The normalized spacial score (nSPS) is 23.5. The van der Waals surface area contributed by atoms with Crippen LogP contribution in [0.15, 0.2) is 48.7 Å². The molecule has 2 aromatic rings. The number of primary amides is 1. The second kappa shape index (κ2) is 8.31. The molecule has 1 aromatic carbocycles. The summed E-state index contributed by atoms with van der Waals surface area (Å²) in [5.74, 6) is -0.264. The number of pyridine rings is 1. The minimum absolute atomic E-state index is 0.264. The Balaban J connectivity index is 1.57. The average molecular weight is 379 g/mol. The molecule has 2 aliphatic heterocycles. The minimum Gasteiger partial charge on any atom is -0.371 e. The molecule has 4 rings (SSSR count). The number of carbonyl (C=O) groups excluding carboxylic acids is 1. The Labute approximate surface area is 167 Å². The van der Waals surface area contributed by atoms with Crippen LogP contribution in [0.3, 0.4) is 0 Å². The standard InChI is InChI=1S/C23H30N4O/c24-22(28)23(21-11-4-5-13-25-21)12-8-14-26(18-23)17-19-9-2-3-10-20(19)27-15-6-1-7-16-27/h2-5,9-11,13H,1,6-8,12,14-18H2,(H2,24,28)/t23-/m0/s1. The van der Waals surface area contributed by atoms with Gasteiger partial charge in [-0.2, -0.15) is 0 Å². The van der Waals surface area contributed by atoms with E-state index in [2.05, 4.69) is 39.0 Å². The Morgan fingerprint density at radius 2 is 1.79 bits per heavy atom. The van der Waals surface area contributed by atoms with E-state index >= 15 is 0 Å². The van der Waals surface area contributed by atoms with E-state index < -0.39 is 5.41 Å². The third kappa shape index (κ3) is 3.76. The topological polar surface area (TPSA) is 62.5 Å². The van der Waals surface area contributed by atoms with Gasteiger partial charge in [0.2, 0.25) is 5.91 Å². The predicted octanol–water partition coefficient (Wildman–Crippen LogP) is 3.09. The first-order valence-electron chi connectivity index (χ1n) is 10.5. The van der Waals surface area contributed by atoms with Crippen LogP contribution in [0.2, 0.25) is 0 Å². The van der Waals surface area contributed by atoms with Crippen molar-refractivity contribution in [2.75, 3.05) is 31.1 Å². The first-order chi connectivity index (χ1) is 13.7. The van der Waals surface area contributed by atoms with Crippen molar-refractivity contribution in [3.63, 3.8) is 0 Å². The number of para-hydroxylation sites is 1. The summed E-state index contributed by atoms with van der Waals surface area (Å²) in [6.07, 6.45) is 7.33. The van der Waals surface area contributed by atoms with Gasteiger partial charge in [-0.05, 0) is 62.4 Å². The van der Waals surface area contributed by atoms with Gasteiger partial charge in [0.05, 0.1) is 5.69 Å². The third-order valence-corrected chi connectivity index (χ3v) is 6.28. The molecule has 2 saturated heterocycles. The number of rotatable bonds is 5. The highest BCUT2D eigenvalue weighted by molar-refractivity contribution is 5.86. The highest BCUT2D eigenvalue weighted by atomic mass is 16.1. The lowest BCUT2D eigenvalue weighted by Crippen LogP contribution is -2.53. The van der Waals surface area contributed by atoms with Gasteiger partial charge in [0.1, 0.15) is 5.41 Å². The molecule has 5 heteroatoms. The van der Waals surface area contributed by atoms with E-state index in [1.165, 1.54) is 30.5 Å². The molecule has 0 bridgehead atoms. The minimum atomic E-state index is -0.695. The van der Waals surface area contributed by atoms with Gasteiger partial charge in [0, 0.05) is 38.1 Å². The number of nitrogens with two attached hydrogens (primary N) is 1. The van der Waals surface area contributed by atoms with Crippen molar-refractivity contribution in [1.29, 1.82) is 0 Å². The molecule has 0 unspecified atom stereocenters. The highest BCUT2D eigenvalue weighted by Gasteiger charge is 2.43. The zero-order chi connectivity index (χ0) is 19.4. The lowest BCUT2D eigenvalue weighted by Gasteiger charge is -2.41. The molecule has 1 amide bonds. The molecule has 0 aliphatic carbocycles. The molecule has 0 saturated carbocycles. The number of hydrogen-bond acceptors (Lipinski definition) is 4. The zero-order valence-corrected chi connectivity index (χ0v) is 16.5. The van der Waals surface area contributed by atoms with E-state index in [0.29, 0.717) is 6.54 Å². The number of carbonyl (C=O) groups is 1. The monoisotopic (exact) mass is 378 g/mol. The summed E-state index contributed by atoms with van der Waals surface area (Å²) in [7, 11) is 0. The molecule has 3 heterocycles. The Kier molecular flexibility index (Phi) is 5.62. The molecule has 28 heavy (non-hydrogen) atoms. The Hall–Kier alpha value is -2.40. The van der Waals surface area contributed by atoms with E-state index in [-0.39, 0.29) is 5.91 Å². The molecule has 2 fully saturated rings. The first-order valence-corrected chi connectivity index (χ1v) is 10.5. The number of hydrogen-bond donors (Lipinski definition) is 1. The van der Waals surface area contributed by atoms with E-state index in [1.807, 2.05) is 18.2 Å². The molecule has 1 atom stereocenters. The van der Waals surface area contributed by atoms with Crippen molar-refractivity contribution >= 4 is 11.6 Å². The summed E-state index contributed by atoms with van der Waals surface area (Å²) in [6, 6.07) is 14.5. The number of benzene rings is 1. The van der Waals surface area contributed by atoms with Crippen LogP contribution in [0.4, 0.5) is 5.69 Å². The van der Waals surface area contributed by atoms with Crippen molar-refractivity contribution in [2.45, 2.75) is 44.1 Å². The molecule has 2 N–H and O–H groups in total. The summed E-state index contributed by atoms with van der Waals surface area (Å²) >= 11 is 0. The van der Waals surface area contributed by atoms with Gasteiger partial charge in [-0.15, -0.1) is 0 Å². The Morgan fingerprint density at radius 3 is 2.54 bits per heavy atom. The average Bonchev–Trinajstić information content (AvgIpc) is 2.75. The van der Waals surface area contributed by atoms with Gasteiger partial charge in [-0.3, -0.25) is 14.7 Å². The smallest absolute Gasteiger partial charge is 0.230 e. The number of likely N-dealkylation sites (tertiary alicyclic amines) is 1. The summed E-state index contributed by atoms with van der Waals surface area (Å²) in [5, 5.41) is 0. The van der Waals surface area contributed by atoms with Crippen LogP contribution < -0.4 is 10.6 Å². The van der Waals surface area contributed by atoms with Crippen LogP contribution in [-0.2, 0) is 16.8 Å². The summed E-state index contributed by atoms with van der Waals surface area (Å²) in [4.78, 5) is 21.9.